The number of hydrogen-bond acceptors (Lipinski definition) is 3. The topological polar surface area (TPSA) is 21.7 Å². The van der Waals surface area contributed by atoms with Gasteiger partial charge in [-0.15, -0.1) is 0 Å². The number of piperidine rings is 1. The van der Waals surface area contributed by atoms with Gasteiger partial charge in [-0.05, 0) is 31.0 Å². The van der Waals surface area contributed by atoms with Crippen LogP contribution in [0.2, 0.25) is 0 Å². The SMILES string of the molecule is CO[C@@H]1Cc2ccccc2C2(CCN(C)CC2)O1. The second kappa shape index (κ2) is 4.65. The fraction of sp³-hybridized carbons (Fsp3) is 0.600. The van der Waals surface area contributed by atoms with Gasteiger partial charge in [0, 0.05) is 26.6 Å². The van der Waals surface area contributed by atoms with Gasteiger partial charge in [-0.2, -0.15) is 0 Å². The Morgan fingerprint density at radius 2 is 2.00 bits per heavy atom. The van der Waals surface area contributed by atoms with Crippen molar-refractivity contribution in [3.8, 4) is 0 Å². The van der Waals surface area contributed by atoms with Crippen LogP contribution >= 0.6 is 0 Å². The smallest absolute Gasteiger partial charge is 0.162 e. The summed E-state index contributed by atoms with van der Waals surface area (Å²) in [5.41, 5.74) is 2.65. The highest BCUT2D eigenvalue weighted by Gasteiger charge is 2.43. The van der Waals surface area contributed by atoms with E-state index in [4.69, 9.17) is 9.47 Å². The Balaban J connectivity index is 1.98. The Bertz CT molecular complexity index is 424. The van der Waals surface area contributed by atoms with Crippen LogP contribution in [0.4, 0.5) is 0 Å². The second-order valence-corrected chi connectivity index (χ2v) is 5.44. The number of benzene rings is 1. The Morgan fingerprint density at radius 1 is 1.28 bits per heavy atom. The fourth-order valence-corrected chi connectivity index (χ4v) is 3.18. The second-order valence-electron chi connectivity index (χ2n) is 5.44. The Labute approximate surface area is 109 Å². The van der Waals surface area contributed by atoms with Crippen molar-refractivity contribution in [2.75, 3.05) is 27.2 Å². The number of nitrogens with zero attached hydrogens (tertiary/aromatic N) is 1. The maximum atomic E-state index is 6.29. The van der Waals surface area contributed by atoms with E-state index in [9.17, 15) is 0 Å². The minimum Gasteiger partial charge on any atom is -0.356 e. The zero-order chi connectivity index (χ0) is 12.6. The molecule has 3 rings (SSSR count). The molecular weight excluding hydrogens is 226 g/mol. The summed E-state index contributed by atoms with van der Waals surface area (Å²) in [5.74, 6) is 0. The molecule has 2 aliphatic heterocycles. The van der Waals surface area contributed by atoms with E-state index in [-0.39, 0.29) is 11.9 Å². The van der Waals surface area contributed by atoms with E-state index in [0.29, 0.717) is 0 Å². The number of methoxy groups -OCH3 is 1. The summed E-state index contributed by atoms with van der Waals surface area (Å²) >= 11 is 0. The van der Waals surface area contributed by atoms with E-state index in [1.165, 1.54) is 11.1 Å². The lowest BCUT2D eigenvalue weighted by molar-refractivity contribution is -0.226. The van der Waals surface area contributed by atoms with E-state index in [2.05, 4.69) is 36.2 Å². The van der Waals surface area contributed by atoms with Gasteiger partial charge in [0.1, 0.15) is 0 Å². The first-order chi connectivity index (χ1) is 8.73. The predicted molar refractivity (Wildman–Crippen MR) is 70.4 cm³/mol. The molecule has 98 valence electrons. The largest absolute Gasteiger partial charge is 0.356 e. The Hall–Kier alpha value is -0.900. The quantitative estimate of drug-likeness (QED) is 0.759. The van der Waals surface area contributed by atoms with E-state index in [1.54, 1.807) is 7.11 Å². The fourth-order valence-electron chi connectivity index (χ4n) is 3.18. The average molecular weight is 247 g/mol. The molecule has 1 aromatic rings. The van der Waals surface area contributed by atoms with Gasteiger partial charge in [0.2, 0.25) is 0 Å². The van der Waals surface area contributed by atoms with E-state index in [0.717, 1.165) is 32.4 Å². The number of fused-ring (bicyclic) bond motifs is 2. The number of ether oxygens (including phenoxy) is 2. The van der Waals surface area contributed by atoms with Crippen LogP contribution in [0.15, 0.2) is 24.3 Å². The van der Waals surface area contributed by atoms with Crippen LogP contribution in [-0.4, -0.2) is 38.4 Å². The Kier molecular flexibility index (Phi) is 3.14. The minimum atomic E-state index is -0.123. The lowest BCUT2D eigenvalue weighted by atomic mass is 9.79. The van der Waals surface area contributed by atoms with Crippen LogP contribution in [0.25, 0.3) is 0 Å². The molecule has 0 radical (unpaired) electrons. The summed E-state index contributed by atoms with van der Waals surface area (Å²) in [5, 5.41) is 0. The summed E-state index contributed by atoms with van der Waals surface area (Å²) < 4.78 is 11.8. The van der Waals surface area contributed by atoms with Crippen molar-refractivity contribution in [3.63, 3.8) is 0 Å². The molecule has 0 aliphatic carbocycles. The molecule has 0 bridgehead atoms. The summed E-state index contributed by atoms with van der Waals surface area (Å²) in [4.78, 5) is 2.37. The lowest BCUT2D eigenvalue weighted by Gasteiger charge is -2.46. The average Bonchev–Trinajstić information content (AvgIpc) is 2.42. The highest BCUT2D eigenvalue weighted by atomic mass is 16.7. The highest BCUT2D eigenvalue weighted by Crippen LogP contribution is 2.43. The molecule has 0 unspecified atom stereocenters. The molecule has 1 fully saturated rings. The van der Waals surface area contributed by atoms with Crippen LogP contribution in [-0.2, 0) is 21.5 Å². The number of hydrogen-bond donors (Lipinski definition) is 0. The van der Waals surface area contributed by atoms with Gasteiger partial charge in [0.25, 0.3) is 0 Å². The molecule has 1 atom stereocenters. The van der Waals surface area contributed by atoms with Crippen LogP contribution in [0.1, 0.15) is 24.0 Å². The van der Waals surface area contributed by atoms with Crippen molar-refractivity contribution in [2.24, 2.45) is 0 Å². The number of likely N-dealkylation sites (tertiary alicyclic amines) is 1. The molecule has 1 spiro atoms. The monoisotopic (exact) mass is 247 g/mol. The molecule has 2 aliphatic rings. The van der Waals surface area contributed by atoms with Crippen molar-refractivity contribution < 1.29 is 9.47 Å². The third kappa shape index (κ3) is 1.96. The van der Waals surface area contributed by atoms with Gasteiger partial charge >= 0.3 is 0 Å². The van der Waals surface area contributed by atoms with Gasteiger partial charge in [-0.1, -0.05) is 24.3 Å². The molecule has 0 saturated carbocycles. The maximum Gasteiger partial charge on any atom is 0.162 e. The molecular formula is C15H21NO2. The van der Waals surface area contributed by atoms with Crippen molar-refractivity contribution in [3.05, 3.63) is 35.4 Å². The van der Waals surface area contributed by atoms with Gasteiger partial charge < -0.3 is 14.4 Å². The first-order valence-corrected chi connectivity index (χ1v) is 6.71. The van der Waals surface area contributed by atoms with Crippen molar-refractivity contribution in [1.82, 2.24) is 4.90 Å². The third-order valence-corrected chi connectivity index (χ3v) is 4.31. The van der Waals surface area contributed by atoms with Crippen LogP contribution in [0.5, 0.6) is 0 Å². The predicted octanol–water partition coefficient (Wildman–Crippen LogP) is 2.15. The van der Waals surface area contributed by atoms with E-state index >= 15 is 0 Å². The lowest BCUT2D eigenvalue weighted by Crippen LogP contribution is -2.48. The summed E-state index contributed by atoms with van der Waals surface area (Å²) in [7, 11) is 3.91. The first-order valence-electron chi connectivity index (χ1n) is 6.71. The first kappa shape index (κ1) is 12.2. The standard InChI is InChI=1S/C15H21NO2/c1-16-9-7-15(8-10-16)13-6-4-3-5-12(13)11-14(17-2)18-15/h3-6,14H,7-11H2,1-2H3/t14-/m0/s1. The molecule has 0 N–H and O–H groups in total. The van der Waals surface area contributed by atoms with Crippen molar-refractivity contribution >= 4 is 0 Å². The molecule has 1 saturated heterocycles. The van der Waals surface area contributed by atoms with E-state index < -0.39 is 0 Å². The van der Waals surface area contributed by atoms with E-state index in [1.807, 2.05) is 0 Å². The summed E-state index contributed by atoms with van der Waals surface area (Å²) in [6, 6.07) is 8.67. The molecule has 1 aromatic carbocycles. The Morgan fingerprint density at radius 3 is 2.72 bits per heavy atom. The highest BCUT2D eigenvalue weighted by molar-refractivity contribution is 5.35. The van der Waals surface area contributed by atoms with Gasteiger partial charge in [0.15, 0.2) is 6.29 Å². The molecule has 3 heteroatoms. The maximum absolute atomic E-state index is 6.29. The normalized spacial score (nSPS) is 27.1. The molecule has 0 amide bonds. The molecule has 0 aromatic heterocycles. The van der Waals surface area contributed by atoms with Gasteiger partial charge in [0.05, 0.1) is 5.60 Å². The zero-order valence-electron chi connectivity index (χ0n) is 11.2. The minimum absolute atomic E-state index is 0.0942. The van der Waals surface area contributed by atoms with Crippen LogP contribution < -0.4 is 0 Å². The summed E-state index contributed by atoms with van der Waals surface area (Å²) in [6.07, 6.45) is 2.88. The molecule has 3 nitrogen and oxygen atoms in total. The van der Waals surface area contributed by atoms with Gasteiger partial charge in [-0.25, -0.2) is 0 Å². The van der Waals surface area contributed by atoms with Crippen LogP contribution in [0.3, 0.4) is 0 Å². The zero-order valence-corrected chi connectivity index (χ0v) is 11.2. The molecule has 18 heavy (non-hydrogen) atoms. The summed E-state index contributed by atoms with van der Waals surface area (Å²) in [6.45, 7) is 2.18. The van der Waals surface area contributed by atoms with Crippen molar-refractivity contribution in [1.29, 1.82) is 0 Å². The van der Waals surface area contributed by atoms with Crippen molar-refractivity contribution in [2.45, 2.75) is 31.2 Å². The van der Waals surface area contributed by atoms with Crippen LogP contribution in [0, 0.1) is 0 Å². The third-order valence-electron chi connectivity index (χ3n) is 4.31. The molecule has 2 heterocycles. The number of rotatable bonds is 1. The van der Waals surface area contributed by atoms with Gasteiger partial charge in [-0.3, -0.25) is 0 Å².